The van der Waals surface area contributed by atoms with Crippen LogP contribution in [0.2, 0.25) is 0 Å². The van der Waals surface area contributed by atoms with Gasteiger partial charge >= 0.3 is 0 Å². The Morgan fingerprint density at radius 3 is 2.80 bits per heavy atom. The zero-order valence-corrected chi connectivity index (χ0v) is 12.8. The zero-order chi connectivity index (χ0) is 14.2. The second kappa shape index (κ2) is 8.63. The Labute approximate surface area is 123 Å². The van der Waals surface area contributed by atoms with Crippen molar-refractivity contribution >= 4 is 5.91 Å². The Hall–Kier alpha value is -0.610. The maximum Gasteiger partial charge on any atom is 0.223 e. The summed E-state index contributed by atoms with van der Waals surface area (Å²) < 4.78 is 5.87. The fourth-order valence-corrected chi connectivity index (χ4v) is 3.28. The van der Waals surface area contributed by atoms with Crippen LogP contribution in [0.3, 0.4) is 0 Å². The van der Waals surface area contributed by atoms with Gasteiger partial charge in [-0.1, -0.05) is 19.3 Å². The number of rotatable bonds is 6. The third kappa shape index (κ3) is 5.41. The van der Waals surface area contributed by atoms with Crippen LogP contribution in [0.1, 0.15) is 58.3 Å². The number of hydrogen-bond donors (Lipinski definition) is 2. The normalized spacial score (nSPS) is 28.2. The molecule has 1 amide bonds. The molecule has 1 saturated carbocycles. The molecule has 1 aliphatic carbocycles. The zero-order valence-electron chi connectivity index (χ0n) is 12.8. The van der Waals surface area contributed by atoms with Gasteiger partial charge in [0, 0.05) is 25.1 Å². The van der Waals surface area contributed by atoms with Crippen LogP contribution >= 0.6 is 0 Å². The lowest BCUT2D eigenvalue weighted by Gasteiger charge is -2.27. The molecule has 1 saturated heterocycles. The molecule has 0 unspecified atom stereocenters. The molecule has 0 aromatic rings. The van der Waals surface area contributed by atoms with Gasteiger partial charge in [-0.2, -0.15) is 0 Å². The maximum absolute atomic E-state index is 12.0. The van der Waals surface area contributed by atoms with E-state index in [1.54, 1.807) is 0 Å². The Balaban J connectivity index is 1.50. The molecule has 116 valence electrons. The minimum absolute atomic E-state index is 0.200. The molecule has 2 N–H and O–H groups in total. The van der Waals surface area contributed by atoms with Crippen LogP contribution < -0.4 is 10.6 Å². The summed E-state index contributed by atoms with van der Waals surface area (Å²) in [5, 5.41) is 6.44. The third-order valence-electron chi connectivity index (χ3n) is 4.52. The van der Waals surface area contributed by atoms with Gasteiger partial charge in [-0.3, -0.25) is 4.79 Å². The summed E-state index contributed by atoms with van der Waals surface area (Å²) >= 11 is 0. The molecular formula is C16H30N2O2. The summed E-state index contributed by atoms with van der Waals surface area (Å²) in [6.45, 7) is 4.65. The lowest BCUT2D eigenvalue weighted by molar-refractivity contribution is -0.126. The Morgan fingerprint density at radius 2 is 2.05 bits per heavy atom. The van der Waals surface area contributed by atoms with Crippen molar-refractivity contribution in [3.63, 3.8) is 0 Å². The van der Waals surface area contributed by atoms with Crippen LogP contribution in [0.4, 0.5) is 0 Å². The molecule has 4 nitrogen and oxygen atoms in total. The van der Waals surface area contributed by atoms with Crippen molar-refractivity contribution in [1.82, 2.24) is 10.6 Å². The molecule has 0 aromatic carbocycles. The fraction of sp³-hybridized carbons (Fsp3) is 0.938. The molecule has 1 heterocycles. The lowest BCUT2D eigenvalue weighted by Crippen LogP contribution is -2.42. The van der Waals surface area contributed by atoms with Crippen LogP contribution in [0.5, 0.6) is 0 Å². The van der Waals surface area contributed by atoms with E-state index in [9.17, 15) is 4.79 Å². The van der Waals surface area contributed by atoms with Crippen LogP contribution in [0.15, 0.2) is 0 Å². The van der Waals surface area contributed by atoms with E-state index in [2.05, 4.69) is 17.6 Å². The maximum atomic E-state index is 12.0. The van der Waals surface area contributed by atoms with Gasteiger partial charge in [-0.05, 0) is 45.6 Å². The minimum atomic E-state index is 0.200. The number of hydrogen-bond acceptors (Lipinski definition) is 3. The SMILES string of the molecule is C[C@H]1C[C@@H](C(=O)NCCCOC2CCCCC2)CCN1. The highest BCUT2D eigenvalue weighted by atomic mass is 16.5. The van der Waals surface area contributed by atoms with Gasteiger partial charge < -0.3 is 15.4 Å². The molecule has 2 fully saturated rings. The van der Waals surface area contributed by atoms with Crippen LogP contribution in [-0.4, -0.2) is 37.7 Å². The van der Waals surface area contributed by atoms with E-state index in [0.29, 0.717) is 12.1 Å². The number of nitrogens with one attached hydrogen (secondary N) is 2. The summed E-state index contributed by atoms with van der Waals surface area (Å²) in [6.07, 6.45) is 9.78. The van der Waals surface area contributed by atoms with E-state index in [0.717, 1.165) is 39.0 Å². The third-order valence-corrected chi connectivity index (χ3v) is 4.52. The first-order valence-electron chi connectivity index (χ1n) is 8.38. The van der Waals surface area contributed by atoms with Crippen LogP contribution in [0.25, 0.3) is 0 Å². The van der Waals surface area contributed by atoms with E-state index >= 15 is 0 Å². The van der Waals surface area contributed by atoms with Crippen molar-refractivity contribution in [2.75, 3.05) is 19.7 Å². The highest BCUT2D eigenvalue weighted by Crippen LogP contribution is 2.20. The quantitative estimate of drug-likeness (QED) is 0.735. The Morgan fingerprint density at radius 1 is 1.25 bits per heavy atom. The van der Waals surface area contributed by atoms with Gasteiger partial charge in [0.15, 0.2) is 0 Å². The Kier molecular flexibility index (Phi) is 6.80. The molecule has 0 aromatic heterocycles. The van der Waals surface area contributed by atoms with Gasteiger partial charge in [0.2, 0.25) is 5.91 Å². The molecule has 2 atom stereocenters. The monoisotopic (exact) mass is 282 g/mol. The van der Waals surface area contributed by atoms with Crippen molar-refractivity contribution < 1.29 is 9.53 Å². The molecule has 2 rings (SSSR count). The smallest absolute Gasteiger partial charge is 0.223 e. The minimum Gasteiger partial charge on any atom is -0.378 e. The summed E-state index contributed by atoms with van der Waals surface area (Å²) in [5.74, 6) is 0.432. The standard InChI is InChI=1S/C16H30N2O2/c1-13-12-14(8-10-17-13)16(19)18-9-5-11-20-15-6-3-2-4-7-15/h13-15,17H,2-12H2,1H3,(H,18,19)/t13-,14-/m0/s1. The average Bonchev–Trinajstić information content (AvgIpc) is 2.48. The second-order valence-electron chi connectivity index (χ2n) is 6.35. The topological polar surface area (TPSA) is 50.4 Å². The molecule has 20 heavy (non-hydrogen) atoms. The number of ether oxygens (including phenoxy) is 1. The van der Waals surface area contributed by atoms with E-state index in [1.807, 2.05) is 0 Å². The average molecular weight is 282 g/mol. The fourth-order valence-electron chi connectivity index (χ4n) is 3.28. The molecular weight excluding hydrogens is 252 g/mol. The highest BCUT2D eigenvalue weighted by Gasteiger charge is 2.24. The largest absolute Gasteiger partial charge is 0.378 e. The van der Waals surface area contributed by atoms with Crippen LogP contribution in [0, 0.1) is 5.92 Å². The summed E-state index contributed by atoms with van der Waals surface area (Å²) in [7, 11) is 0. The Bertz CT molecular complexity index is 290. The molecule has 0 radical (unpaired) electrons. The van der Waals surface area contributed by atoms with Crippen molar-refractivity contribution in [2.24, 2.45) is 5.92 Å². The number of amides is 1. The number of piperidine rings is 1. The van der Waals surface area contributed by atoms with E-state index in [4.69, 9.17) is 4.74 Å². The highest BCUT2D eigenvalue weighted by molar-refractivity contribution is 5.78. The summed E-state index contributed by atoms with van der Waals surface area (Å²) in [6, 6.07) is 0.467. The first-order valence-corrected chi connectivity index (χ1v) is 8.38. The first-order chi connectivity index (χ1) is 9.75. The predicted octanol–water partition coefficient (Wildman–Crippen LogP) is 2.23. The van der Waals surface area contributed by atoms with Gasteiger partial charge in [-0.15, -0.1) is 0 Å². The summed E-state index contributed by atoms with van der Waals surface area (Å²) in [4.78, 5) is 12.0. The van der Waals surface area contributed by atoms with Crippen molar-refractivity contribution in [2.45, 2.75) is 70.4 Å². The van der Waals surface area contributed by atoms with Gasteiger partial charge in [0.05, 0.1) is 6.10 Å². The van der Waals surface area contributed by atoms with E-state index in [-0.39, 0.29) is 11.8 Å². The molecule has 0 bridgehead atoms. The number of carbonyl (C=O) groups excluding carboxylic acids is 1. The van der Waals surface area contributed by atoms with Gasteiger partial charge in [-0.25, -0.2) is 0 Å². The van der Waals surface area contributed by atoms with Gasteiger partial charge in [0.25, 0.3) is 0 Å². The van der Waals surface area contributed by atoms with E-state index < -0.39 is 0 Å². The summed E-state index contributed by atoms with van der Waals surface area (Å²) in [5.41, 5.74) is 0. The molecule has 2 aliphatic rings. The predicted molar refractivity (Wildman–Crippen MR) is 80.6 cm³/mol. The van der Waals surface area contributed by atoms with Crippen molar-refractivity contribution in [3.8, 4) is 0 Å². The molecule has 4 heteroatoms. The molecule has 0 spiro atoms. The van der Waals surface area contributed by atoms with Crippen LogP contribution in [-0.2, 0) is 9.53 Å². The van der Waals surface area contributed by atoms with Gasteiger partial charge in [0.1, 0.15) is 0 Å². The lowest BCUT2D eigenvalue weighted by atomic mass is 9.92. The second-order valence-corrected chi connectivity index (χ2v) is 6.35. The number of carbonyl (C=O) groups is 1. The van der Waals surface area contributed by atoms with Crippen molar-refractivity contribution in [1.29, 1.82) is 0 Å². The van der Waals surface area contributed by atoms with E-state index in [1.165, 1.54) is 32.1 Å². The molecule has 1 aliphatic heterocycles. The van der Waals surface area contributed by atoms with Crippen molar-refractivity contribution in [3.05, 3.63) is 0 Å². The first kappa shape index (κ1) is 15.8.